The molecule has 0 saturated carbocycles. The topological polar surface area (TPSA) is 126 Å². The fourth-order valence-electron chi connectivity index (χ4n) is 3.59. The smallest absolute Gasteiger partial charge is 0.299 e. The van der Waals surface area contributed by atoms with Gasteiger partial charge in [0.1, 0.15) is 18.0 Å². The van der Waals surface area contributed by atoms with Crippen LogP contribution in [0.1, 0.15) is 51.0 Å². The molecule has 198 valence electrons. The van der Waals surface area contributed by atoms with Crippen molar-refractivity contribution >= 4 is 17.1 Å². The molecule has 0 amide bonds. The zero-order valence-electron chi connectivity index (χ0n) is 21.0. The van der Waals surface area contributed by atoms with E-state index in [1.165, 1.54) is 56.2 Å². The van der Waals surface area contributed by atoms with Gasteiger partial charge in [0.25, 0.3) is 11.4 Å². The predicted molar refractivity (Wildman–Crippen MR) is 139 cm³/mol. The van der Waals surface area contributed by atoms with E-state index in [-0.39, 0.29) is 17.1 Å². The number of ether oxygens (including phenoxy) is 3. The maximum absolute atomic E-state index is 11.1. The Morgan fingerprint density at radius 1 is 0.778 bits per heavy atom. The maximum Gasteiger partial charge on any atom is 0.299 e. The van der Waals surface area contributed by atoms with Crippen LogP contribution in [0.25, 0.3) is 0 Å². The summed E-state index contributed by atoms with van der Waals surface area (Å²) in [4.78, 5) is 20.6. The van der Waals surface area contributed by atoms with E-state index in [0.717, 1.165) is 18.2 Å². The molecular formula is C26H37N3O7. The van der Waals surface area contributed by atoms with Gasteiger partial charge in [0, 0.05) is 12.6 Å². The van der Waals surface area contributed by atoms with Gasteiger partial charge in [0.2, 0.25) is 0 Å². The van der Waals surface area contributed by atoms with Gasteiger partial charge in [-0.1, -0.05) is 51.2 Å². The van der Waals surface area contributed by atoms with Gasteiger partial charge in [0.05, 0.1) is 42.3 Å². The monoisotopic (exact) mass is 503 g/mol. The van der Waals surface area contributed by atoms with Crippen LogP contribution in [-0.4, -0.2) is 49.4 Å². The molecular weight excluding hydrogens is 466 g/mol. The van der Waals surface area contributed by atoms with Gasteiger partial charge in [-0.25, -0.2) is 0 Å². The predicted octanol–water partition coefficient (Wildman–Crippen LogP) is 5.93. The molecule has 0 spiro atoms. The number of nitrogens with one attached hydrogen (secondary N) is 1. The number of anilines is 1. The fourth-order valence-corrected chi connectivity index (χ4v) is 3.59. The third-order valence-corrected chi connectivity index (χ3v) is 5.56. The Bertz CT molecular complexity index is 922. The van der Waals surface area contributed by atoms with E-state index in [4.69, 9.17) is 14.2 Å². The van der Waals surface area contributed by atoms with Crippen LogP contribution in [0.4, 0.5) is 17.1 Å². The number of unbranched alkanes of at least 4 members (excludes halogenated alkanes) is 5. The summed E-state index contributed by atoms with van der Waals surface area (Å²) in [6, 6.07) is 11.7. The minimum Gasteiger partial charge on any atom is -0.491 e. The highest BCUT2D eigenvalue weighted by Crippen LogP contribution is 2.28. The van der Waals surface area contributed by atoms with Crippen molar-refractivity contribution in [3.8, 4) is 5.75 Å². The Labute approximate surface area is 212 Å². The summed E-state index contributed by atoms with van der Waals surface area (Å²) >= 11 is 0. The Hall–Kier alpha value is -3.24. The summed E-state index contributed by atoms with van der Waals surface area (Å²) in [5.41, 5.74) is 0.868. The first-order valence-corrected chi connectivity index (χ1v) is 12.5. The number of nitro benzene ring substituents is 2. The number of rotatable bonds is 20. The molecule has 2 aromatic carbocycles. The number of non-ortho nitro benzene ring substituents is 1. The molecule has 0 bridgehead atoms. The van der Waals surface area contributed by atoms with Crippen molar-refractivity contribution in [3.63, 3.8) is 0 Å². The lowest BCUT2D eigenvalue weighted by atomic mass is 10.0. The molecule has 0 aliphatic heterocycles. The molecule has 2 rings (SSSR count). The number of hydrogen-bond donors (Lipinski definition) is 1. The zero-order chi connectivity index (χ0) is 26.0. The molecule has 0 unspecified atom stereocenters. The standard InChI is InChI=1S/C26H37N3O7/c1-2-3-4-5-6-7-8-22-9-12-24(13-10-22)36-20-19-35-18-17-34-16-15-27-25-14-11-23(28(30)31)21-26(25)29(32)33/h9-14,21,27H,2-8,15-20H2,1H3. The molecule has 0 aromatic heterocycles. The maximum atomic E-state index is 11.1. The van der Waals surface area contributed by atoms with Gasteiger partial charge < -0.3 is 19.5 Å². The lowest BCUT2D eigenvalue weighted by molar-refractivity contribution is -0.393. The molecule has 0 heterocycles. The molecule has 0 radical (unpaired) electrons. The molecule has 0 saturated heterocycles. The van der Waals surface area contributed by atoms with Gasteiger partial charge in [-0.15, -0.1) is 0 Å². The minimum atomic E-state index is -0.668. The van der Waals surface area contributed by atoms with Gasteiger partial charge in [-0.2, -0.15) is 0 Å². The van der Waals surface area contributed by atoms with Crippen molar-refractivity contribution < 1.29 is 24.1 Å². The molecule has 1 N–H and O–H groups in total. The molecule has 10 nitrogen and oxygen atoms in total. The summed E-state index contributed by atoms with van der Waals surface area (Å²) in [6.45, 7) is 4.52. The Morgan fingerprint density at radius 2 is 1.44 bits per heavy atom. The molecule has 0 atom stereocenters. The number of benzene rings is 2. The van der Waals surface area contributed by atoms with Crippen LogP contribution in [0.15, 0.2) is 42.5 Å². The second kappa shape index (κ2) is 17.2. The highest BCUT2D eigenvalue weighted by Gasteiger charge is 2.18. The van der Waals surface area contributed by atoms with E-state index in [0.29, 0.717) is 39.6 Å². The summed E-state index contributed by atoms with van der Waals surface area (Å²) in [5.74, 6) is 0.827. The SMILES string of the molecule is CCCCCCCCc1ccc(OCCOCCOCCNc2ccc([N+](=O)[O-])cc2[N+](=O)[O-])cc1. The van der Waals surface area contributed by atoms with Crippen molar-refractivity contribution in [2.24, 2.45) is 0 Å². The summed E-state index contributed by atoms with van der Waals surface area (Å²) in [7, 11) is 0. The van der Waals surface area contributed by atoms with Crippen molar-refractivity contribution in [1.29, 1.82) is 0 Å². The van der Waals surface area contributed by atoms with E-state index in [1.807, 2.05) is 12.1 Å². The quantitative estimate of drug-likeness (QED) is 0.134. The average molecular weight is 504 g/mol. The molecule has 10 heteroatoms. The first-order valence-electron chi connectivity index (χ1n) is 12.5. The highest BCUT2D eigenvalue weighted by molar-refractivity contribution is 5.65. The fraction of sp³-hybridized carbons (Fsp3) is 0.538. The number of hydrogen-bond acceptors (Lipinski definition) is 8. The summed E-state index contributed by atoms with van der Waals surface area (Å²) in [6.07, 6.45) is 8.90. The second-order valence-corrected chi connectivity index (χ2v) is 8.38. The molecule has 0 aliphatic carbocycles. The first-order chi connectivity index (χ1) is 17.5. The van der Waals surface area contributed by atoms with E-state index >= 15 is 0 Å². The largest absolute Gasteiger partial charge is 0.491 e. The lowest BCUT2D eigenvalue weighted by Crippen LogP contribution is -2.15. The van der Waals surface area contributed by atoms with Crippen LogP contribution in [0.3, 0.4) is 0 Å². The van der Waals surface area contributed by atoms with E-state index in [1.54, 1.807) is 0 Å². The Kier molecular flexibility index (Phi) is 13.9. The second-order valence-electron chi connectivity index (χ2n) is 8.38. The van der Waals surface area contributed by atoms with Crippen molar-refractivity contribution in [1.82, 2.24) is 0 Å². The van der Waals surface area contributed by atoms with Crippen LogP contribution >= 0.6 is 0 Å². The van der Waals surface area contributed by atoms with Crippen molar-refractivity contribution in [2.75, 3.05) is 44.9 Å². The average Bonchev–Trinajstić information content (AvgIpc) is 2.87. The van der Waals surface area contributed by atoms with Crippen LogP contribution in [0, 0.1) is 20.2 Å². The van der Waals surface area contributed by atoms with Crippen LogP contribution in [0.2, 0.25) is 0 Å². The van der Waals surface area contributed by atoms with E-state index < -0.39 is 9.85 Å². The lowest BCUT2D eigenvalue weighted by Gasteiger charge is -2.09. The number of aryl methyl sites for hydroxylation is 1. The number of nitrogens with zero attached hydrogens (tertiary/aromatic N) is 2. The molecule has 2 aromatic rings. The third-order valence-electron chi connectivity index (χ3n) is 5.56. The van der Waals surface area contributed by atoms with Crippen molar-refractivity contribution in [2.45, 2.75) is 51.9 Å². The number of nitro groups is 2. The minimum absolute atomic E-state index is 0.207. The first kappa shape index (κ1) is 29.0. The third kappa shape index (κ3) is 11.5. The molecule has 0 fully saturated rings. The van der Waals surface area contributed by atoms with Crippen LogP contribution in [0.5, 0.6) is 5.75 Å². The van der Waals surface area contributed by atoms with Gasteiger partial charge in [-0.05, 0) is 36.6 Å². The molecule has 0 aliphatic rings. The van der Waals surface area contributed by atoms with Gasteiger partial charge in [-0.3, -0.25) is 20.2 Å². The van der Waals surface area contributed by atoms with Crippen molar-refractivity contribution in [3.05, 3.63) is 68.3 Å². The van der Waals surface area contributed by atoms with E-state index in [9.17, 15) is 20.2 Å². The Balaban J connectivity index is 1.49. The normalized spacial score (nSPS) is 10.8. The van der Waals surface area contributed by atoms with Gasteiger partial charge in [0.15, 0.2) is 0 Å². The zero-order valence-corrected chi connectivity index (χ0v) is 21.0. The van der Waals surface area contributed by atoms with Crippen LogP contribution < -0.4 is 10.1 Å². The van der Waals surface area contributed by atoms with Crippen LogP contribution in [-0.2, 0) is 15.9 Å². The van der Waals surface area contributed by atoms with E-state index in [2.05, 4.69) is 24.4 Å². The van der Waals surface area contributed by atoms with Gasteiger partial charge >= 0.3 is 0 Å². The molecule has 36 heavy (non-hydrogen) atoms. The highest BCUT2D eigenvalue weighted by atomic mass is 16.6. The Morgan fingerprint density at radius 3 is 2.14 bits per heavy atom. The summed E-state index contributed by atoms with van der Waals surface area (Å²) in [5, 5.41) is 24.8. The summed E-state index contributed by atoms with van der Waals surface area (Å²) < 4.78 is 16.7.